The topological polar surface area (TPSA) is 101 Å². The number of aliphatic hydroxyl groups excluding tert-OH is 1. The van der Waals surface area contributed by atoms with Gasteiger partial charge in [-0.3, -0.25) is 14.3 Å². The molecule has 164 valence electrons. The van der Waals surface area contributed by atoms with E-state index in [1.807, 2.05) is 19.1 Å². The number of likely N-dealkylation sites (N-methyl/N-ethyl adjacent to an activating group) is 1. The number of hydrogen-bond donors (Lipinski definition) is 1. The maximum atomic E-state index is 13.1. The predicted octanol–water partition coefficient (Wildman–Crippen LogP) is 1.62. The highest BCUT2D eigenvalue weighted by Gasteiger charge is 2.33. The second-order valence-electron chi connectivity index (χ2n) is 7.53. The second-order valence-corrected chi connectivity index (χ2v) is 8.53. The molecule has 4 heterocycles. The molecule has 0 unspecified atom stereocenters. The molecule has 0 aliphatic carbocycles. The molecule has 3 aromatic rings. The minimum Gasteiger partial charge on any atom is -0.395 e. The minimum absolute atomic E-state index is 0.0955. The van der Waals surface area contributed by atoms with Crippen molar-refractivity contribution in [2.24, 2.45) is 7.05 Å². The van der Waals surface area contributed by atoms with Crippen LogP contribution in [0.25, 0.3) is 10.2 Å². The van der Waals surface area contributed by atoms with Gasteiger partial charge in [-0.25, -0.2) is 4.98 Å². The third-order valence-corrected chi connectivity index (χ3v) is 6.74. The van der Waals surface area contributed by atoms with E-state index in [0.29, 0.717) is 30.1 Å². The lowest BCUT2D eigenvalue weighted by molar-refractivity contribution is -0.0223. The maximum Gasteiger partial charge on any atom is 0.264 e. The second kappa shape index (κ2) is 8.74. The fourth-order valence-electron chi connectivity index (χ4n) is 3.74. The smallest absolute Gasteiger partial charge is 0.264 e. The van der Waals surface area contributed by atoms with Crippen LogP contribution in [0.1, 0.15) is 37.4 Å². The summed E-state index contributed by atoms with van der Waals surface area (Å²) < 4.78 is 7.73. The number of carbonyl (C=O) groups is 2. The molecular formula is C21H25N5O4S. The third-order valence-electron chi connectivity index (χ3n) is 5.62. The van der Waals surface area contributed by atoms with Crippen molar-refractivity contribution in [1.82, 2.24) is 24.6 Å². The van der Waals surface area contributed by atoms with Gasteiger partial charge in [-0.15, -0.1) is 11.3 Å². The summed E-state index contributed by atoms with van der Waals surface area (Å²) in [4.78, 5) is 35.2. The zero-order chi connectivity index (χ0) is 22.1. The molecule has 9 nitrogen and oxygen atoms in total. The fraction of sp³-hybridized carbons (Fsp3) is 0.429. The molecule has 0 bridgehead atoms. The molecule has 2 amide bonds. The van der Waals surface area contributed by atoms with E-state index in [4.69, 9.17) is 4.74 Å². The molecular weight excluding hydrogens is 418 g/mol. The fourth-order valence-corrected chi connectivity index (χ4v) is 4.93. The third kappa shape index (κ3) is 3.93. The number of carbonyl (C=O) groups excluding carboxylic acids is 2. The molecule has 31 heavy (non-hydrogen) atoms. The number of rotatable bonds is 5. The van der Waals surface area contributed by atoms with Crippen molar-refractivity contribution in [2.75, 3.05) is 39.9 Å². The van der Waals surface area contributed by atoms with Gasteiger partial charge >= 0.3 is 0 Å². The summed E-state index contributed by atoms with van der Waals surface area (Å²) >= 11 is 1.31. The van der Waals surface area contributed by atoms with E-state index in [9.17, 15) is 14.7 Å². The normalized spacial score (nSPS) is 16.6. The number of pyridine rings is 1. The number of morpholine rings is 1. The van der Waals surface area contributed by atoms with Gasteiger partial charge in [0.25, 0.3) is 11.8 Å². The maximum absolute atomic E-state index is 13.1. The Hall–Kier alpha value is -2.82. The van der Waals surface area contributed by atoms with Gasteiger partial charge in [-0.2, -0.15) is 5.10 Å². The number of hydrogen-bond acceptors (Lipinski definition) is 7. The van der Waals surface area contributed by atoms with Gasteiger partial charge in [0, 0.05) is 50.0 Å². The quantitative estimate of drug-likeness (QED) is 0.643. The van der Waals surface area contributed by atoms with Crippen LogP contribution in [0.4, 0.5) is 0 Å². The van der Waals surface area contributed by atoms with Crippen LogP contribution < -0.4 is 0 Å². The molecule has 1 saturated heterocycles. The number of amides is 2. The lowest BCUT2D eigenvalue weighted by Crippen LogP contribution is -2.42. The SMILES string of the molecule is Cc1c(C(=O)N2CCO[C@@H](c3c(C(=O)N(C)CCO)sc4ncccc34)C2)cnn1C. The average Bonchev–Trinajstić information content (AvgIpc) is 3.33. The summed E-state index contributed by atoms with van der Waals surface area (Å²) in [6, 6.07) is 3.75. The van der Waals surface area contributed by atoms with Crippen molar-refractivity contribution in [2.45, 2.75) is 13.0 Å². The monoisotopic (exact) mass is 443 g/mol. The van der Waals surface area contributed by atoms with Crippen LogP contribution in [0.2, 0.25) is 0 Å². The van der Waals surface area contributed by atoms with E-state index < -0.39 is 6.10 Å². The number of aryl methyl sites for hydroxylation is 1. The van der Waals surface area contributed by atoms with Gasteiger partial charge in [-0.1, -0.05) is 6.07 Å². The van der Waals surface area contributed by atoms with Crippen LogP contribution in [-0.4, -0.2) is 81.4 Å². The van der Waals surface area contributed by atoms with Crippen LogP contribution in [-0.2, 0) is 11.8 Å². The van der Waals surface area contributed by atoms with E-state index in [2.05, 4.69) is 10.1 Å². The molecule has 1 atom stereocenters. The number of aliphatic hydroxyl groups is 1. The van der Waals surface area contributed by atoms with Crippen molar-refractivity contribution < 1.29 is 19.4 Å². The highest BCUT2D eigenvalue weighted by atomic mass is 32.1. The Bertz CT molecular complexity index is 1120. The first-order chi connectivity index (χ1) is 14.9. The molecule has 10 heteroatoms. The zero-order valence-electron chi connectivity index (χ0n) is 17.7. The van der Waals surface area contributed by atoms with Gasteiger partial charge in [0.05, 0.1) is 31.5 Å². The number of aromatic nitrogens is 3. The van der Waals surface area contributed by atoms with E-state index in [1.165, 1.54) is 16.2 Å². The molecule has 1 aliphatic rings. The van der Waals surface area contributed by atoms with Crippen LogP contribution in [0, 0.1) is 6.92 Å². The zero-order valence-corrected chi connectivity index (χ0v) is 18.6. The van der Waals surface area contributed by atoms with Gasteiger partial charge < -0.3 is 19.6 Å². The standard InChI is InChI=1S/C21H25N5O4S/c1-13-15(11-23-25(13)3)20(28)26-8-10-30-16(12-26)17-14-5-4-6-22-19(14)31-18(17)21(29)24(2)7-9-27/h4-6,11,16,27H,7-10,12H2,1-3H3/t16-/m1/s1. The van der Waals surface area contributed by atoms with Gasteiger partial charge in [-0.05, 0) is 13.0 Å². The Labute approximate surface area is 183 Å². The summed E-state index contributed by atoms with van der Waals surface area (Å²) in [6.07, 6.45) is 2.83. The van der Waals surface area contributed by atoms with E-state index in [-0.39, 0.29) is 25.0 Å². The van der Waals surface area contributed by atoms with E-state index in [0.717, 1.165) is 21.5 Å². The van der Waals surface area contributed by atoms with Crippen molar-refractivity contribution in [3.8, 4) is 0 Å². The van der Waals surface area contributed by atoms with Gasteiger partial charge in [0.15, 0.2) is 0 Å². The Morgan fingerprint density at radius 2 is 2.23 bits per heavy atom. The first-order valence-electron chi connectivity index (χ1n) is 10.1. The Balaban J connectivity index is 1.69. The van der Waals surface area contributed by atoms with Crippen LogP contribution in [0.15, 0.2) is 24.5 Å². The first-order valence-corrected chi connectivity index (χ1v) is 10.9. The first kappa shape index (κ1) is 21.4. The van der Waals surface area contributed by atoms with Crippen molar-refractivity contribution >= 4 is 33.4 Å². The summed E-state index contributed by atoms with van der Waals surface area (Å²) in [5, 5.41) is 14.3. The Morgan fingerprint density at radius 3 is 2.94 bits per heavy atom. The summed E-state index contributed by atoms with van der Waals surface area (Å²) in [5.41, 5.74) is 2.13. The van der Waals surface area contributed by atoms with E-state index >= 15 is 0 Å². The Morgan fingerprint density at radius 1 is 1.42 bits per heavy atom. The Kier molecular flexibility index (Phi) is 6.03. The molecule has 4 rings (SSSR count). The summed E-state index contributed by atoms with van der Waals surface area (Å²) in [5.74, 6) is -0.288. The minimum atomic E-state index is -0.450. The summed E-state index contributed by atoms with van der Waals surface area (Å²) in [6.45, 7) is 3.15. The lowest BCUT2D eigenvalue weighted by atomic mass is 10.0. The highest BCUT2D eigenvalue weighted by molar-refractivity contribution is 7.20. The van der Waals surface area contributed by atoms with Crippen LogP contribution in [0.3, 0.4) is 0 Å². The molecule has 1 aliphatic heterocycles. The number of thiophene rings is 1. The van der Waals surface area contributed by atoms with Crippen LogP contribution in [0.5, 0.6) is 0 Å². The largest absolute Gasteiger partial charge is 0.395 e. The van der Waals surface area contributed by atoms with E-state index in [1.54, 1.807) is 36.1 Å². The molecule has 1 N–H and O–H groups in total. The lowest BCUT2D eigenvalue weighted by Gasteiger charge is -2.33. The van der Waals surface area contributed by atoms with Gasteiger partial charge in [0.2, 0.25) is 0 Å². The average molecular weight is 444 g/mol. The van der Waals surface area contributed by atoms with Crippen molar-refractivity contribution in [1.29, 1.82) is 0 Å². The predicted molar refractivity (Wildman–Crippen MR) is 116 cm³/mol. The molecule has 3 aromatic heterocycles. The molecule has 1 fully saturated rings. The van der Waals surface area contributed by atoms with Crippen molar-refractivity contribution in [3.05, 3.63) is 46.2 Å². The molecule has 0 saturated carbocycles. The highest BCUT2D eigenvalue weighted by Crippen LogP contribution is 2.38. The molecule has 0 radical (unpaired) electrons. The van der Waals surface area contributed by atoms with Crippen molar-refractivity contribution in [3.63, 3.8) is 0 Å². The number of fused-ring (bicyclic) bond motifs is 1. The van der Waals surface area contributed by atoms with Crippen LogP contribution >= 0.6 is 11.3 Å². The molecule has 0 aromatic carbocycles. The number of nitrogens with zero attached hydrogens (tertiary/aromatic N) is 5. The van der Waals surface area contributed by atoms with Gasteiger partial charge in [0.1, 0.15) is 15.8 Å². The summed E-state index contributed by atoms with van der Waals surface area (Å²) in [7, 11) is 3.46. The molecule has 0 spiro atoms. The number of ether oxygens (including phenoxy) is 1.